The Morgan fingerprint density at radius 1 is 1.23 bits per heavy atom. The number of aliphatic hydroxyl groups is 1. The third-order valence-corrected chi connectivity index (χ3v) is 7.38. The number of sulfone groups is 1. The number of nitrogens with zero attached hydrogens (tertiary/aromatic N) is 4. The summed E-state index contributed by atoms with van der Waals surface area (Å²) in [4.78, 5) is 21.3. The van der Waals surface area contributed by atoms with Gasteiger partial charge in [-0.2, -0.15) is 13.2 Å². The lowest BCUT2D eigenvalue weighted by molar-refractivity contribution is -0.141. The fraction of sp³-hybridized carbons (Fsp3) is 0.435. The fourth-order valence-corrected chi connectivity index (χ4v) is 5.66. The molecule has 4 rings (SSSR count). The van der Waals surface area contributed by atoms with E-state index >= 15 is 0 Å². The van der Waals surface area contributed by atoms with Gasteiger partial charge >= 0.3 is 6.18 Å². The number of aliphatic hydroxyl groups excluding tert-OH is 1. The highest BCUT2D eigenvalue weighted by molar-refractivity contribution is 7.90. The van der Waals surface area contributed by atoms with Gasteiger partial charge in [-0.3, -0.25) is 4.79 Å². The zero-order valence-corrected chi connectivity index (χ0v) is 20.4. The zero-order valence-electron chi connectivity index (χ0n) is 19.6. The molecule has 188 valence electrons. The summed E-state index contributed by atoms with van der Waals surface area (Å²) in [5.41, 5.74) is -0.151. The van der Waals surface area contributed by atoms with Crippen LogP contribution in [0.5, 0.6) is 0 Å². The molecule has 3 aromatic rings. The minimum Gasteiger partial charge on any atom is -0.392 e. The number of fused-ring (bicyclic) bond motifs is 3. The molecule has 1 aromatic carbocycles. The standard InChI is InChI=1S/C23H25F3N4O4S/c1-12(2)20-18-8-14-7-15(11-31)19(35(4,33)34)9-17(14)29(18)5-6-30(20)22-27-10-16(13(3)32)21(28-22)23(24,25)26/h7-10,12,20,31H,5-6,11H2,1-4H3/t20-/m1/s1. The number of ketones is 1. The van der Waals surface area contributed by atoms with Gasteiger partial charge in [0.2, 0.25) is 5.95 Å². The van der Waals surface area contributed by atoms with E-state index in [1.54, 1.807) is 11.0 Å². The van der Waals surface area contributed by atoms with Crippen LogP contribution in [0, 0.1) is 5.92 Å². The summed E-state index contributed by atoms with van der Waals surface area (Å²) in [5.74, 6) is -0.981. The average molecular weight is 511 g/mol. The van der Waals surface area contributed by atoms with Gasteiger partial charge < -0.3 is 14.6 Å². The van der Waals surface area contributed by atoms with Crippen LogP contribution in [0.4, 0.5) is 19.1 Å². The molecule has 0 bridgehead atoms. The summed E-state index contributed by atoms with van der Waals surface area (Å²) in [6.07, 6.45) is -2.83. The smallest absolute Gasteiger partial charge is 0.392 e. The van der Waals surface area contributed by atoms with E-state index in [1.165, 1.54) is 6.07 Å². The van der Waals surface area contributed by atoms with Crippen LogP contribution in [0.25, 0.3) is 10.9 Å². The predicted octanol–water partition coefficient (Wildman–Crippen LogP) is 3.77. The largest absolute Gasteiger partial charge is 0.434 e. The molecule has 35 heavy (non-hydrogen) atoms. The summed E-state index contributed by atoms with van der Waals surface area (Å²) < 4.78 is 67.5. The zero-order chi connectivity index (χ0) is 25.9. The van der Waals surface area contributed by atoms with Crippen molar-refractivity contribution in [2.24, 2.45) is 5.92 Å². The molecule has 1 aliphatic heterocycles. The van der Waals surface area contributed by atoms with Gasteiger partial charge in [0.25, 0.3) is 0 Å². The molecule has 1 aliphatic rings. The number of Topliss-reactive ketones (excluding diaryl/α,β-unsaturated/α-hetero) is 1. The van der Waals surface area contributed by atoms with Crippen LogP contribution in [0.1, 0.15) is 54.1 Å². The number of halogens is 3. The van der Waals surface area contributed by atoms with E-state index in [0.29, 0.717) is 17.4 Å². The molecule has 0 amide bonds. The second-order valence-electron chi connectivity index (χ2n) is 9.04. The van der Waals surface area contributed by atoms with Crippen molar-refractivity contribution < 1.29 is 31.5 Å². The molecule has 0 unspecified atom stereocenters. The first-order valence-corrected chi connectivity index (χ1v) is 12.8. The summed E-state index contributed by atoms with van der Waals surface area (Å²) in [5, 5.41) is 10.4. The van der Waals surface area contributed by atoms with Crippen LogP contribution < -0.4 is 4.90 Å². The van der Waals surface area contributed by atoms with Crippen molar-refractivity contribution in [2.75, 3.05) is 17.7 Å². The summed E-state index contributed by atoms with van der Waals surface area (Å²) in [6.45, 7) is 5.04. The van der Waals surface area contributed by atoms with E-state index in [1.807, 2.05) is 24.5 Å². The van der Waals surface area contributed by atoms with E-state index < -0.39 is 45.7 Å². The summed E-state index contributed by atoms with van der Waals surface area (Å²) in [7, 11) is -3.59. The normalized spacial score (nSPS) is 16.7. The van der Waals surface area contributed by atoms with E-state index in [-0.39, 0.29) is 28.9 Å². The molecule has 12 heteroatoms. The minimum absolute atomic E-state index is 0.0369. The maximum Gasteiger partial charge on any atom is 0.434 e. The predicted molar refractivity (Wildman–Crippen MR) is 123 cm³/mol. The number of carbonyl (C=O) groups is 1. The molecule has 0 aliphatic carbocycles. The van der Waals surface area contributed by atoms with Crippen LogP contribution in [-0.2, 0) is 29.2 Å². The lowest BCUT2D eigenvalue weighted by atomic mass is 9.97. The van der Waals surface area contributed by atoms with Gasteiger partial charge in [-0.05, 0) is 36.6 Å². The van der Waals surface area contributed by atoms with Crippen molar-refractivity contribution in [1.82, 2.24) is 14.5 Å². The van der Waals surface area contributed by atoms with E-state index in [4.69, 9.17) is 0 Å². The first kappa shape index (κ1) is 25.1. The Hall–Kier alpha value is -2.99. The molecule has 0 radical (unpaired) electrons. The van der Waals surface area contributed by atoms with Crippen LogP contribution in [0.2, 0.25) is 0 Å². The van der Waals surface area contributed by atoms with Crippen molar-refractivity contribution in [3.05, 3.63) is 46.9 Å². The third kappa shape index (κ3) is 4.40. The fourth-order valence-electron chi connectivity index (χ4n) is 4.74. The van der Waals surface area contributed by atoms with Gasteiger partial charge in [0.15, 0.2) is 21.3 Å². The molecule has 0 saturated heterocycles. The van der Waals surface area contributed by atoms with Gasteiger partial charge in [0.05, 0.1) is 23.1 Å². The topological polar surface area (TPSA) is 105 Å². The van der Waals surface area contributed by atoms with Crippen molar-refractivity contribution in [3.63, 3.8) is 0 Å². The highest BCUT2D eigenvalue weighted by Crippen LogP contribution is 2.40. The Balaban J connectivity index is 1.88. The average Bonchev–Trinajstić information content (AvgIpc) is 3.13. The Kier molecular flexibility index (Phi) is 6.17. The Labute approximate surface area is 200 Å². The summed E-state index contributed by atoms with van der Waals surface area (Å²) in [6, 6.07) is 4.59. The van der Waals surface area contributed by atoms with Crippen LogP contribution in [-0.4, -0.2) is 46.6 Å². The number of hydrogen-bond donors (Lipinski definition) is 1. The Morgan fingerprint density at radius 3 is 2.46 bits per heavy atom. The van der Waals surface area contributed by atoms with Crippen LogP contribution in [0.15, 0.2) is 29.3 Å². The molecule has 0 spiro atoms. The molecule has 0 saturated carbocycles. The monoisotopic (exact) mass is 510 g/mol. The first-order valence-electron chi connectivity index (χ1n) is 10.9. The van der Waals surface area contributed by atoms with Crippen molar-refractivity contribution >= 4 is 32.5 Å². The number of anilines is 1. The molecule has 1 atom stereocenters. The van der Waals surface area contributed by atoms with Gasteiger partial charge in [0, 0.05) is 42.1 Å². The molecule has 8 nitrogen and oxygen atoms in total. The number of carbonyl (C=O) groups excluding carboxylic acids is 1. The van der Waals surface area contributed by atoms with Gasteiger partial charge in [-0.15, -0.1) is 0 Å². The van der Waals surface area contributed by atoms with Crippen LogP contribution in [0.3, 0.4) is 0 Å². The van der Waals surface area contributed by atoms with E-state index in [9.17, 15) is 31.5 Å². The van der Waals surface area contributed by atoms with Crippen LogP contribution >= 0.6 is 0 Å². The Morgan fingerprint density at radius 2 is 1.91 bits per heavy atom. The molecular weight excluding hydrogens is 485 g/mol. The number of aromatic nitrogens is 3. The number of alkyl halides is 3. The van der Waals surface area contributed by atoms with Gasteiger partial charge in [-0.25, -0.2) is 18.4 Å². The van der Waals surface area contributed by atoms with Crippen molar-refractivity contribution in [2.45, 2.75) is 51.0 Å². The maximum absolute atomic E-state index is 13.7. The number of rotatable bonds is 5. The second-order valence-corrected chi connectivity index (χ2v) is 11.0. The number of benzene rings is 1. The van der Waals surface area contributed by atoms with E-state index in [0.717, 1.165) is 25.1 Å². The van der Waals surface area contributed by atoms with Gasteiger partial charge in [-0.1, -0.05) is 13.8 Å². The first-order chi connectivity index (χ1) is 16.2. The maximum atomic E-state index is 13.7. The minimum atomic E-state index is -4.82. The molecule has 1 N–H and O–H groups in total. The summed E-state index contributed by atoms with van der Waals surface area (Å²) >= 11 is 0. The molecule has 2 aromatic heterocycles. The second kappa shape index (κ2) is 8.59. The van der Waals surface area contributed by atoms with Gasteiger partial charge in [0.1, 0.15) is 0 Å². The Bertz CT molecular complexity index is 1430. The lowest BCUT2D eigenvalue weighted by Gasteiger charge is -2.39. The van der Waals surface area contributed by atoms with Crippen molar-refractivity contribution in [3.8, 4) is 0 Å². The molecule has 0 fully saturated rings. The van der Waals surface area contributed by atoms with Crippen molar-refractivity contribution in [1.29, 1.82) is 0 Å². The third-order valence-electron chi connectivity index (χ3n) is 6.20. The quantitative estimate of drug-likeness (QED) is 0.521. The lowest BCUT2D eigenvalue weighted by Crippen LogP contribution is -2.41. The highest BCUT2D eigenvalue weighted by Gasteiger charge is 2.39. The highest BCUT2D eigenvalue weighted by atomic mass is 32.2. The molecule has 3 heterocycles. The number of hydrogen-bond acceptors (Lipinski definition) is 7. The van der Waals surface area contributed by atoms with E-state index in [2.05, 4.69) is 9.97 Å². The molecular formula is C23H25F3N4O4S. The SMILES string of the molecule is CC(=O)c1cnc(N2CCn3c(cc4cc(CO)c(S(C)(=O)=O)cc43)[C@H]2C(C)C)nc1C(F)(F)F.